The number of hydrogen-bond donors (Lipinski definition) is 1. The van der Waals surface area contributed by atoms with Gasteiger partial charge >= 0.3 is 0 Å². The van der Waals surface area contributed by atoms with E-state index in [4.69, 9.17) is 33.5 Å². The summed E-state index contributed by atoms with van der Waals surface area (Å²) < 4.78 is 5.22. The van der Waals surface area contributed by atoms with Gasteiger partial charge in [-0.1, -0.05) is 28.4 Å². The Hall–Kier alpha value is -2.11. The van der Waals surface area contributed by atoms with Gasteiger partial charge in [-0.15, -0.1) is 0 Å². The van der Waals surface area contributed by atoms with Crippen molar-refractivity contribution in [2.75, 3.05) is 5.73 Å². The minimum absolute atomic E-state index is 0.224. The first-order chi connectivity index (χ1) is 9.66. The van der Waals surface area contributed by atoms with Crippen molar-refractivity contribution in [3.05, 3.63) is 46.7 Å². The number of pyridine rings is 1. The summed E-state index contributed by atoms with van der Waals surface area (Å²) in [7, 11) is 0. The fraction of sp³-hybridized carbons (Fsp3) is 0. The lowest BCUT2D eigenvalue weighted by Crippen LogP contribution is -1.92. The van der Waals surface area contributed by atoms with E-state index in [-0.39, 0.29) is 5.89 Å². The highest BCUT2D eigenvalue weighted by Gasteiger charge is 2.18. The molecule has 0 aliphatic heterocycles. The van der Waals surface area contributed by atoms with Crippen LogP contribution in [0.3, 0.4) is 0 Å². The number of benzene rings is 1. The fourth-order valence-corrected chi connectivity index (χ4v) is 2.13. The Bertz CT molecular complexity index is 758. The van der Waals surface area contributed by atoms with Crippen LogP contribution in [-0.4, -0.2) is 15.1 Å². The molecule has 0 fully saturated rings. The second-order valence-corrected chi connectivity index (χ2v) is 4.79. The van der Waals surface area contributed by atoms with Crippen LogP contribution < -0.4 is 5.73 Å². The van der Waals surface area contributed by atoms with Crippen LogP contribution in [0.2, 0.25) is 10.0 Å². The van der Waals surface area contributed by atoms with E-state index in [0.717, 1.165) is 5.56 Å². The molecule has 3 rings (SSSR count). The average Bonchev–Trinajstić information content (AvgIpc) is 2.94. The van der Waals surface area contributed by atoms with E-state index in [9.17, 15) is 0 Å². The molecule has 0 saturated carbocycles. The van der Waals surface area contributed by atoms with Crippen molar-refractivity contribution in [3.63, 3.8) is 0 Å². The van der Waals surface area contributed by atoms with Gasteiger partial charge in [-0.3, -0.25) is 4.98 Å². The highest BCUT2D eigenvalue weighted by molar-refractivity contribution is 6.37. The Morgan fingerprint density at radius 1 is 1.00 bits per heavy atom. The largest absolute Gasteiger partial charge is 0.397 e. The molecule has 5 nitrogen and oxygen atoms in total. The molecule has 0 aliphatic rings. The monoisotopic (exact) mass is 306 g/mol. The third kappa shape index (κ3) is 2.21. The molecule has 0 spiro atoms. The minimum Gasteiger partial charge on any atom is -0.397 e. The molecular weight excluding hydrogens is 299 g/mol. The number of aromatic nitrogens is 3. The summed E-state index contributed by atoms with van der Waals surface area (Å²) in [6.45, 7) is 0. The van der Waals surface area contributed by atoms with E-state index in [2.05, 4.69) is 15.1 Å². The molecule has 0 amide bonds. The van der Waals surface area contributed by atoms with Crippen LogP contribution in [-0.2, 0) is 0 Å². The Kier molecular flexibility index (Phi) is 3.30. The third-order valence-corrected chi connectivity index (χ3v) is 3.36. The molecule has 2 aromatic heterocycles. The Morgan fingerprint density at radius 2 is 1.70 bits per heavy atom. The molecule has 1 aromatic carbocycles. The fourth-order valence-electron chi connectivity index (χ4n) is 1.73. The topological polar surface area (TPSA) is 77.8 Å². The van der Waals surface area contributed by atoms with Crippen molar-refractivity contribution >= 4 is 28.9 Å². The smallest absolute Gasteiger partial charge is 0.261 e. The molecule has 7 heteroatoms. The maximum absolute atomic E-state index is 6.11. The molecule has 100 valence electrons. The number of hydrogen-bond acceptors (Lipinski definition) is 5. The number of nitrogens with two attached hydrogens (primary N) is 1. The Balaban J connectivity index is 2.10. The first-order valence-corrected chi connectivity index (χ1v) is 6.40. The minimum atomic E-state index is 0.224. The summed E-state index contributed by atoms with van der Waals surface area (Å²) in [5.41, 5.74) is 7.44. The molecule has 0 radical (unpaired) electrons. The van der Waals surface area contributed by atoms with E-state index in [0.29, 0.717) is 27.1 Å². The average molecular weight is 307 g/mol. The molecule has 0 saturated heterocycles. The zero-order chi connectivity index (χ0) is 14.1. The van der Waals surface area contributed by atoms with Crippen molar-refractivity contribution in [3.8, 4) is 22.8 Å². The molecule has 2 heterocycles. The van der Waals surface area contributed by atoms with Gasteiger partial charge in [0.25, 0.3) is 5.89 Å². The van der Waals surface area contributed by atoms with E-state index >= 15 is 0 Å². The summed E-state index contributed by atoms with van der Waals surface area (Å²) in [5.74, 6) is 0.652. The van der Waals surface area contributed by atoms with Crippen LogP contribution in [0.4, 0.5) is 5.69 Å². The Labute approximate surface area is 124 Å². The second-order valence-electron chi connectivity index (χ2n) is 3.98. The van der Waals surface area contributed by atoms with Gasteiger partial charge < -0.3 is 10.3 Å². The van der Waals surface area contributed by atoms with Crippen molar-refractivity contribution in [2.45, 2.75) is 0 Å². The number of anilines is 1. The zero-order valence-corrected chi connectivity index (χ0v) is 11.6. The van der Waals surface area contributed by atoms with Crippen LogP contribution >= 0.6 is 23.2 Å². The number of nitrogens with zero attached hydrogens (tertiary/aromatic N) is 3. The molecule has 3 aromatic rings. The first-order valence-electron chi connectivity index (χ1n) is 5.65. The van der Waals surface area contributed by atoms with E-state index in [1.807, 2.05) is 0 Å². The normalized spacial score (nSPS) is 10.7. The number of rotatable bonds is 2. The molecule has 0 bridgehead atoms. The summed E-state index contributed by atoms with van der Waals surface area (Å²) >= 11 is 12.1. The molecule has 2 N–H and O–H groups in total. The van der Waals surface area contributed by atoms with Crippen LogP contribution in [0.25, 0.3) is 22.8 Å². The maximum atomic E-state index is 6.11. The molecule has 0 aliphatic carbocycles. The van der Waals surface area contributed by atoms with Crippen molar-refractivity contribution in [1.82, 2.24) is 15.1 Å². The van der Waals surface area contributed by atoms with Crippen LogP contribution in [0.15, 0.2) is 41.2 Å². The second kappa shape index (κ2) is 5.11. The van der Waals surface area contributed by atoms with E-state index in [1.165, 1.54) is 0 Å². The van der Waals surface area contributed by atoms with Crippen LogP contribution in [0.1, 0.15) is 0 Å². The van der Waals surface area contributed by atoms with Gasteiger partial charge in [0.05, 0.1) is 21.3 Å². The van der Waals surface area contributed by atoms with Gasteiger partial charge in [0.2, 0.25) is 5.82 Å². The lowest BCUT2D eigenvalue weighted by Gasteiger charge is -2.04. The zero-order valence-electron chi connectivity index (χ0n) is 10.0. The van der Waals surface area contributed by atoms with Crippen LogP contribution in [0.5, 0.6) is 0 Å². The summed E-state index contributed by atoms with van der Waals surface area (Å²) in [6.07, 6.45) is 3.29. The maximum Gasteiger partial charge on any atom is 0.261 e. The van der Waals surface area contributed by atoms with Gasteiger partial charge in [0.1, 0.15) is 0 Å². The highest BCUT2D eigenvalue weighted by Crippen LogP contribution is 2.37. The van der Waals surface area contributed by atoms with Gasteiger partial charge in [-0.2, -0.15) is 4.98 Å². The standard InChI is InChI=1S/C13H8Cl2N4O/c14-8-1-2-9(15)11(16)10(8)13-18-12(19-20-13)7-3-5-17-6-4-7/h1-6H,16H2. The molecule has 0 unspecified atom stereocenters. The highest BCUT2D eigenvalue weighted by atomic mass is 35.5. The molecular formula is C13H8Cl2N4O. The van der Waals surface area contributed by atoms with Gasteiger partial charge in [-0.05, 0) is 24.3 Å². The van der Waals surface area contributed by atoms with Gasteiger partial charge in [0, 0.05) is 18.0 Å². The third-order valence-electron chi connectivity index (χ3n) is 2.72. The van der Waals surface area contributed by atoms with Crippen LogP contribution in [0, 0.1) is 0 Å². The summed E-state index contributed by atoms with van der Waals surface area (Å²) in [4.78, 5) is 8.22. The summed E-state index contributed by atoms with van der Waals surface area (Å²) in [5, 5.41) is 4.69. The molecule has 20 heavy (non-hydrogen) atoms. The first kappa shape index (κ1) is 12.9. The number of halogens is 2. The summed E-state index contributed by atoms with van der Waals surface area (Å²) in [6, 6.07) is 6.80. The van der Waals surface area contributed by atoms with E-state index < -0.39 is 0 Å². The quantitative estimate of drug-likeness (QED) is 0.731. The van der Waals surface area contributed by atoms with E-state index in [1.54, 1.807) is 36.7 Å². The van der Waals surface area contributed by atoms with Crippen molar-refractivity contribution < 1.29 is 4.52 Å². The van der Waals surface area contributed by atoms with Crippen molar-refractivity contribution in [2.24, 2.45) is 0 Å². The number of nitrogen functional groups attached to an aromatic ring is 1. The molecule has 0 atom stereocenters. The SMILES string of the molecule is Nc1c(Cl)ccc(Cl)c1-c1nc(-c2ccncc2)no1. The predicted octanol–water partition coefficient (Wildman–Crippen LogP) is 3.69. The van der Waals surface area contributed by atoms with Gasteiger partial charge in [0.15, 0.2) is 0 Å². The predicted molar refractivity (Wildman–Crippen MR) is 77.4 cm³/mol. The lowest BCUT2D eigenvalue weighted by atomic mass is 10.2. The Morgan fingerprint density at radius 3 is 2.45 bits per heavy atom. The van der Waals surface area contributed by atoms with Crippen molar-refractivity contribution in [1.29, 1.82) is 0 Å². The van der Waals surface area contributed by atoms with Gasteiger partial charge in [-0.25, -0.2) is 0 Å². The lowest BCUT2D eigenvalue weighted by molar-refractivity contribution is 0.432.